The number of aliphatic imine (C=N–C) groups is 1. The number of guanidine groups is 1. The summed E-state index contributed by atoms with van der Waals surface area (Å²) < 4.78 is 1.26. The molecule has 0 atom stereocenters. The largest absolute Gasteiger partial charge is 0.357 e. The lowest BCUT2D eigenvalue weighted by atomic mass is 10.3. The third kappa shape index (κ3) is 5.52. The number of aryl methyl sites for hydroxylation is 1. The summed E-state index contributed by atoms with van der Waals surface area (Å²) >= 11 is 1.78. The second-order valence-electron chi connectivity index (χ2n) is 5.94. The highest BCUT2D eigenvalue weighted by Gasteiger charge is 2.03. The molecule has 6 heteroatoms. The van der Waals surface area contributed by atoms with Crippen molar-refractivity contribution in [3.8, 4) is 0 Å². The molecule has 0 saturated heterocycles. The first-order chi connectivity index (χ1) is 12.8. The molecule has 26 heavy (non-hydrogen) atoms. The van der Waals surface area contributed by atoms with Crippen LogP contribution in [0.25, 0.3) is 10.2 Å². The van der Waals surface area contributed by atoms with E-state index in [1.807, 2.05) is 30.5 Å². The van der Waals surface area contributed by atoms with Crippen molar-refractivity contribution in [2.75, 3.05) is 19.6 Å². The molecule has 0 bridgehead atoms. The smallest absolute Gasteiger partial charge is 0.191 e. The van der Waals surface area contributed by atoms with Crippen LogP contribution in [0.3, 0.4) is 0 Å². The summed E-state index contributed by atoms with van der Waals surface area (Å²) in [5.41, 5.74) is 2.19. The number of fused-ring (bicyclic) bond motifs is 1. The van der Waals surface area contributed by atoms with Gasteiger partial charge in [-0.15, -0.1) is 11.3 Å². The molecule has 5 nitrogen and oxygen atoms in total. The molecule has 0 aliphatic heterocycles. The van der Waals surface area contributed by atoms with E-state index in [1.54, 1.807) is 11.3 Å². The predicted molar refractivity (Wildman–Crippen MR) is 110 cm³/mol. The fraction of sp³-hybridized carbons (Fsp3) is 0.350. The van der Waals surface area contributed by atoms with Crippen LogP contribution in [0, 0.1) is 0 Å². The van der Waals surface area contributed by atoms with Crippen LogP contribution in [0.1, 0.15) is 24.0 Å². The second-order valence-corrected chi connectivity index (χ2v) is 7.05. The maximum Gasteiger partial charge on any atom is 0.191 e. The van der Waals surface area contributed by atoms with Crippen molar-refractivity contribution in [2.45, 2.75) is 26.2 Å². The van der Waals surface area contributed by atoms with Gasteiger partial charge in [-0.2, -0.15) is 0 Å². The number of thiazole rings is 1. The molecule has 1 aromatic carbocycles. The minimum Gasteiger partial charge on any atom is -0.357 e. The minimum atomic E-state index is 0.787. The number of benzene rings is 1. The fourth-order valence-electron chi connectivity index (χ4n) is 2.64. The normalized spacial score (nSPS) is 11.7. The number of aromatic nitrogens is 2. The van der Waals surface area contributed by atoms with Crippen molar-refractivity contribution in [3.63, 3.8) is 0 Å². The molecule has 0 radical (unpaired) electrons. The Hall–Kier alpha value is -2.47. The number of nitrogens with one attached hydrogen (secondary N) is 2. The summed E-state index contributed by atoms with van der Waals surface area (Å²) in [4.78, 5) is 13.7. The van der Waals surface area contributed by atoms with Crippen LogP contribution in [0.15, 0.2) is 53.7 Å². The molecule has 2 aromatic heterocycles. The molecule has 0 amide bonds. The lowest BCUT2D eigenvalue weighted by Crippen LogP contribution is -2.38. The first-order valence-electron chi connectivity index (χ1n) is 9.11. The van der Waals surface area contributed by atoms with Crippen LogP contribution in [-0.4, -0.2) is 35.6 Å². The van der Waals surface area contributed by atoms with Crippen LogP contribution in [0.2, 0.25) is 0 Å². The van der Waals surface area contributed by atoms with E-state index in [0.717, 1.165) is 56.1 Å². The third-order valence-corrected chi connectivity index (χ3v) is 5.00. The van der Waals surface area contributed by atoms with Crippen LogP contribution < -0.4 is 10.6 Å². The highest BCUT2D eigenvalue weighted by atomic mass is 32.1. The Morgan fingerprint density at radius 1 is 1.08 bits per heavy atom. The van der Waals surface area contributed by atoms with Gasteiger partial charge in [0.15, 0.2) is 5.96 Å². The van der Waals surface area contributed by atoms with E-state index in [0.29, 0.717) is 0 Å². The van der Waals surface area contributed by atoms with Gasteiger partial charge in [-0.25, -0.2) is 4.98 Å². The molecule has 0 saturated carbocycles. The molecular formula is C20H25N5S. The van der Waals surface area contributed by atoms with Crippen molar-refractivity contribution in [1.29, 1.82) is 0 Å². The summed E-state index contributed by atoms with van der Waals surface area (Å²) in [6.07, 6.45) is 4.68. The van der Waals surface area contributed by atoms with Crippen molar-refractivity contribution in [1.82, 2.24) is 20.6 Å². The zero-order valence-electron chi connectivity index (χ0n) is 15.1. The Labute approximate surface area is 158 Å². The summed E-state index contributed by atoms with van der Waals surface area (Å²) in [6, 6.07) is 14.3. The van der Waals surface area contributed by atoms with Gasteiger partial charge in [-0.1, -0.05) is 18.2 Å². The monoisotopic (exact) mass is 367 g/mol. The van der Waals surface area contributed by atoms with E-state index in [9.17, 15) is 0 Å². The van der Waals surface area contributed by atoms with Gasteiger partial charge in [-0.05, 0) is 37.6 Å². The predicted octanol–water partition coefficient (Wildman–Crippen LogP) is 3.42. The number of pyridine rings is 1. The van der Waals surface area contributed by atoms with Gasteiger partial charge in [0, 0.05) is 44.4 Å². The highest BCUT2D eigenvalue weighted by Crippen LogP contribution is 2.22. The van der Waals surface area contributed by atoms with Gasteiger partial charge in [0.05, 0.1) is 15.2 Å². The van der Waals surface area contributed by atoms with E-state index in [1.165, 1.54) is 9.71 Å². The molecule has 136 valence electrons. The van der Waals surface area contributed by atoms with Crippen molar-refractivity contribution >= 4 is 27.5 Å². The van der Waals surface area contributed by atoms with Crippen molar-refractivity contribution in [3.05, 3.63) is 59.4 Å². The maximum absolute atomic E-state index is 4.68. The number of rotatable bonds is 8. The minimum absolute atomic E-state index is 0.787. The zero-order valence-corrected chi connectivity index (χ0v) is 15.9. The number of para-hydroxylation sites is 1. The Kier molecular flexibility index (Phi) is 6.96. The zero-order chi connectivity index (χ0) is 18.0. The van der Waals surface area contributed by atoms with Gasteiger partial charge in [0.1, 0.15) is 0 Å². The standard InChI is InChI=1S/C20H25N5S/c1-2-21-20(24-15-12-16-8-5-6-13-22-16)23-14-7-11-19-25-17-9-3-4-10-18(17)26-19/h3-6,8-10,13H,2,7,11-12,14-15H2,1H3,(H2,21,23,24). The SMILES string of the molecule is CCNC(=NCCCc1nc2ccccc2s1)NCCc1ccccn1. The second kappa shape index (κ2) is 9.87. The van der Waals surface area contributed by atoms with Gasteiger partial charge < -0.3 is 10.6 Å². The fourth-order valence-corrected chi connectivity index (χ4v) is 3.65. The summed E-state index contributed by atoms with van der Waals surface area (Å²) in [5.74, 6) is 0.868. The third-order valence-electron chi connectivity index (χ3n) is 3.90. The van der Waals surface area contributed by atoms with E-state index in [4.69, 9.17) is 0 Å². The summed E-state index contributed by atoms with van der Waals surface area (Å²) in [5, 5.41) is 7.86. The summed E-state index contributed by atoms with van der Waals surface area (Å²) in [7, 11) is 0. The average Bonchev–Trinajstić information content (AvgIpc) is 3.09. The topological polar surface area (TPSA) is 62.2 Å². The Bertz CT molecular complexity index is 795. The molecule has 0 fully saturated rings. The average molecular weight is 368 g/mol. The molecule has 2 N–H and O–H groups in total. The Morgan fingerprint density at radius 3 is 2.77 bits per heavy atom. The molecule has 3 rings (SSSR count). The molecule has 0 spiro atoms. The Morgan fingerprint density at radius 2 is 1.96 bits per heavy atom. The molecule has 3 aromatic rings. The lowest BCUT2D eigenvalue weighted by Gasteiger charge is -2.10. The van der Waals surface area contributed by atoms with Gasteiger partial charge in [0.2, 0.25) is 0 Å². The van der Waals surface area contributed by atoms with E-state index in [2.05, 4.69) is 50.7 Å². The number of hydrogen-bond acceptors (Lipinski definition) is 4. The molecule has 0 aliphatic rings. The first kappa shape index (κ1) is 18.3. The maximum atomic E-state index is 4.68. The first-order valence-corrected chi connectivity index (χ1v) is 9.93. The molecule has 0 aliphatic carbocycles. The molecule has 2 heterocycles. The van der Waals surface area contributed by atoms with Crippen LogP contribution >= 0.6 is 11.3 Å². The number of nitrogens with zero attached hydrogens (tertiary/aromatic N) is 3. The Balaban J connectivity index is 1.44. The van der Waals surface area contributed by atoms with Crippen LogP contribution in [0.5, 0.6) is 0 Å². The van der Waals surface area contributed by atoms with Gasteiger partial charge in [0.25, 0.3) is 0 Å². The van der Waals surface area contributed by atoms with E-state index >= 15 is 0 Å². The molecule has 0 unspecified atom stereocenters. The highest BCUT2D eigenvalue weighted by molar-refractivity contribution is 7.18. The van der Waals surface area contributed by atoms with Gasteiger partial charge in [-0.3, -0.25) is 9.98 Å². The number of hydrogen-bond donors (Lipinski definition) is 2. The molecular weight excluding hydrogens is 342 g/mol. The van der Waals surface area contributed by atoms with Crippen molar-refractivity contribution in [2.24, 2.45) is 4.99 Å². The van der Waals surface area contributed by atoms with E-state index in [-0.39, 0.29) is 0 Å². The van der Waals surface area contributed by atoms with Crippen molar-refractivity contribution < 1.29 is 0 Å². The van der Waals surface area contributed by atoms with Crippen LogP contribution in [0.4, 0.5) is 0 Å². The van der Waals surface area contributed by atoms with Gasteiger partial charge >= 0.3 is 0 Å². The quantitative estimate of drug-likeness (QED) is 0.364. The van der Waals surface area contributed by atoms with E-state index < -0.39 is 0 Å². The summed E-state index contributed by atoms with van der Waals surface area (Å²) in [6.45, 7) is 4.54. The van der Waals surface area contributed by atoms with Crippen LogP contribution in [-0.2, 0) is 12.8 Å². The lowest BCUT2D eigenvalue weighted by molar-refractivity contribution is 0.769.